The van der Waals surface area contributed by atoms with E-state index >= 15 is 0 Å². The highest BCUT2D eigenvalue weighted by Crippen LogP contribution is 2.26. The molecular formula is C17H31NO4. The third kappa shape index (κ3) is 7.96. The van der Waals surface area contributed by atoms with E-state index in [4.69, 9.17) is 0 Å². The van der Waals surface area contributed by atoms with E-state index in [9.17, 15) is 19.5 Å². The van der Waals surface area contributed by atoms with E-state index < -0.39 is 0 Å². The average molecular weight is 313 g/mol. The molecule has 0 spiro atoms. The van der Waals surface area contributed by atoms with Crippen LogP contribution in [-0.4, -0.2) is 29.1 Å². The molecular weight excluding hydrogens is 282 g/mol. The van der Waals surface area contributed by atoms with Gasteiger partial charge >= 0.3 is 0 Å². The van der Waals surface area contributed by atoms with Gasteiger partial charge in [-0.2, -0.15) is 0 Å². The molecule has 0 radical (unpaired) electrons. The van der Waals surface area contributed by atoms with E-state index in [0.29, 0.717) is 43.4 Å². The van der Waals surface area contributed by atoms with Gasteiger partial charge in [0.1, 0.15) is 0 Å². The van der Waals surface area contributed by atoms with E-state index in [1.807, 2.05) is 34.6 Å². The van der Waals surface area contributed by atoms with Crippen LogP contribution in [0.25, 0.3) is 0 Å². The summed E-state index contributed by atoms with van der Waals surface area (Å²) in [6.07, 6.45) is 2.78. The summed E-state index contributed by atoms with van der Waals surface area (Å²) in [6, 6.07) is -0.275. The van der Waals surface area contributed by atoms with Crippen molar-refractivity contribution in [3.8, 4) is 0 Å². The molecule has 1 aliphatic carbocycles. The lowest BCUT2D eigenvalue weighted by atomic mass is 10.0. The quantitative estimate of drug-likeness (QED) is 0.737. The zero-order valence-corrected chi connectivity index (χ0v) is 14.7. The topological polar surface area (TPSA) is 83.5 Å². The Morgan fingerprint density at radius 2 is 1.82 bits per heavy atom. The normalized spacial score (nSPS) is 14.6. The smallest absolute Gasteiger partial charge is 0.207 e. The van der Waals surface area contributed by atoms with Crippen molar-refractivity contribution in [2.24, 2.45) is 5.92 Å². The molecule has 0 bridgehead atoms. The summed E-state index contributed by atoms with van der Waals surface area (Å²) in [5, 5.41) is 11.6. The van der Waals surface area contributed by atoms with Crippen molar-refractivity contribution in [1.82, 2.24) is 5.32 Å². The minimum atomic E-state index is -0.275. The van der Waals surface area contributed by atoms with E-state index in [0.717, 1.165) is 0 Å². The van der Waals surface area contributed by atoms with Crippen LogP contribution < -0.4 is 5.32 Å². The van der Waals surface area contributed by atoms with Gasteiger partial charge in [0, 0.05) is 24.8 Å². The minimum Gasteiger partial charge on any atom is -0.512 e. The largest absolute Gasteiger partial charge is 0.512 e. The number of allylic oxidation sites excluding steroid dienone is 2. The molecule has 0 saturated carbocycles. The Morgan fingerprint density at radius 1 is 1.27 bits per heavy atom. The molecule has 0 aromatic carbocycles. The van der Waals surface area contributed by atoms with Crippen molar-refractivity contribution in [1.29, 1.82) is 0 Å². The average Bonchev–Trinajstić information content (AvgIpc) is 2.85. The first-order valence-electron chi connectivity index (χ1n) is 8.06. The summed E-state index contributed by atoms with van der Waals surface area (Å²) in [7, 11) is 0. The molecule has 1 rings (SSSR count). The van der Waals surface area contributed by atoms with Gasteiger partial charge in [-0.05, 0) is 12.3 Å². The van der Waals surface area contributed by atoms with Crippen LogP contribution in [0.15, 0.2) is 11.3 Å². The van der Waals surface area contributed by atoms with E-state index in [2.05, 4.69) is 5.32 Å². The number of carbonyl (C=O) groups is 3. The molecule has 5 nitrogen and oxygen atoms in total. The molecule has 1 atom stereocenters. The minimum absolute atomic E-state index is 0.0922. The molecule has 128 valence electrons. The number of ketones is 2. The molecule has 5 heteroatoms. The van der Waals surface area contributed by atoms with E-state index in [1.165, 1.54) is 0 Å². The summed E-state index contributed by atoms with van der Waals surface area (Å²) in [6.45, 7) is 11.5. The fourth-order valence-electron chi connectivity index (χ4n) is 2.08. The maximum atomic E-state index is 11.0. The second-order valence-electron chi connectivity index (χ2n) is 5.00. The van der Waals surface area contributed by atoms with Gasteiger partial charge < -0.3 is 10.4 Å². The fraction of sp³-hybridized carbons (Fsp3) is 0.706. The molecule has 0 aromatic heterocycles. The standard InChI is InChI=1S/C8H12O2.C7H13NO2.C2H6/c1-5(2)8-6(9)3-4-7(8)10;1-3-6(8-5-9)7(10)4-2;1-2/h5,9H,3-4H2,1-2H3;5-6H,3-4H2,1-2H3,(H,8,9);1-2H3. The van der Waals surface area contributed by atoms with Crippen molar-refractivity contribution in [2.45, 2.75) is 73.3 Å². The van der Waals surface area contributed by atoms with Crippen molar-refractivity contribution >= 4 is 18.0 Å². The first-order valence-corrected chi connectivity index (χ1v) is 8.06. The highest BCUT2D eigenvalue weighted by molar-refractivity contribution is 5.98. The van der Waals surface area contributed by atoms with Gasteiger partial charge in [0.05, 0.1) is 11.8 Å². The lowest BCUT2D eigenvalue weighted by molar-refractivity contribution is -0.123. The predicted molar refractivity (Wildman–Crippen MR) is 88.7 cm³/mol. The second-order valence-corrected chi connectivity index (χ2v) is 5.00. The SMILES string of the molecule is CC.CC(C)C1=C(O)CCC1=O.CCC(=O)C(CC)NC=O. The second kappa shape index (κ2) is 13.0. The zero-order chi connectivity index (χ0) is 17.7. The van der Waals surface area contributed by atoms with Gasteiger partial charge in [0.15, 0.2) is 11.6 Å². The Balaban J connectivity index is 0. The van der Waals surface area contributed by atoms with Crippen LogP contribution in [0.3, 0.4) is 0 Å². The number of hydrogen-bond donors (Lipinski definition) is 2. The van der Waals surface area contributed by atoms with E-state index in [1.54, 1.807) is 6.92 Å². The molecule has 1 aliphatic rings. The monoisotopic (exact) mass is 313 g/mol. The van der Waals surface area contributed by atoms with Gasteiger partial charge in [-0.3, -0.25) is 14.4 Å². The Morgan fingerprint density at radius 3 is 2.05 bits per heavy atom. The third-order valence-corrected chi connectivity index (χ3v) is 3.19. The molecule has 0 fully saturated rings. The Hall–Kier alpha value is -1.65. The van der Waals surface area contributed by atoms with Crippen LogP contribution in [0.1, 0.15) is 67.2 Å². The Bertz CT molecular complexity index is 386. The molecule has 0 aliphatic heterocycles. The van der Waals surface area contributed by atoms with Crippen molar-refractivity contribution in [3.63, 3.8) is 0 Å². The number of rotatable bonds is 6. The van der Waals surface area contributed by atoms with Crippen molar-refractivity contribution in [3.05, 3.63) is 11.3 Å². The van der Waals surface area contributed by atoms with Gasteiger partial charge in [-0.15, -0.1) is 0 Å². The van der Waals surface area contributed by atoms with Crippen LogP contribution in [0.2, 0.25) is 0 Å². The fourth-order valence-corrected chi connectivity index (χ4v) is 2.08. The number of carbonyl (C=O) groups excluding carboxylic acids is 3. The summed E-state index contributed by atoms with van der Waals surface area (Å²) in [4.78, 5) is 31.9. The zero-order valence-electron chi connectivity index (χ0n) is 14.7. The first-order chi connectivity index (χ1) is 10.4. The van der Waals surface area contributed by atoms with Crippen LogP contribution in [0, 0.1) is 5.92 Å². The molecule has 0 aromatic rings. The maximum Gasteiger partial charge on any atom is 0.207 e. The van der Waals surface area contributed by atoms with Crippen LogP contribution in [0.5, 0.6) is 0 Å². The maximum absolute atomic E-state index is 11.0. The number of aliphatic hydroxyl groups is 1. The van der Waals surface area contributed by atoms with Crippen molar-refractivity contribution in [2.75, 3.05) is 0 Å². The molecule has 1 unspecified atom stereocenters. The number of amides is 1. The van der Waals surface area contributed by atoms with E-state index in [-0.39, 0.29) is 23.5 Å². The lowest BCUT2D eigenvalue weighted by Gasteiger charge is -2.09. The van der Waals surface area contributed by atoms with Crippen LogP contribution in [-0.2, 0) is 14.4 Å². The Labute approximate surface area is 134 Å². The first kappa shape index (κ1) is 22.6. The predicted octanol–water partition coefficient (Wildman–Crippen LogP) is 3.33. The summed E-state index contributed by atoms with van der Waals surface area (Å²) < 4.78 is 0. The highest BCUT2D eigenvalue weighted by atomic mass is 16.3. The number of nitrogens with one attached hydrogen (secondary N) is 1. The summed E-state index contributed by atoms with van der Waals surface area (Å²) in [5.74, 6) is 0.692. The summed E-state index contributed by atoms with van der Waals surface area (Å²) in [5.41, 5.74) is 0.639. The lowest BCUT2D eigenvalue weighted by Crippen LogP contribution is -2.34. The molecule has 2 N–H and O–H groups in total. The molecule has 0 heterocycles. The summed E-state index contributed by atoms with van der Waals surface area (Å²) >= 11 is 0. The number of aliphatic hydroxyl groups excluding tert-OH is 1. The van der Waals surface area contributed by atoms with Gasteiger partial charge in [-0.1, -0.05) is 41.5 Å². The van der Waals surface area contributed by atoms with Crippen LogP contribution >= 0.6 is 0 Å². The molecule has 22 heavy (non-hydrogen) atoms. The number of hydrogen-bond acceptors (Lipinski definition) is 4. The molecule has 1 amide bonds. The van der Waals surface area contributed by atoms with Gasteiger partial charge in [0.25, 0.3) is 0 Å². The molecule has 0 saturated heterocycles. The number of Topliss-reactive ketones (excluding diaryl/α,β-unsaturated/α-hetero) is 2. The third-order valence-electron chi connectivity index (χ3n) is 3.19. The van der Waals surface area contributed by atoms with Gasteiger partial charge in [0.2, 0.25) is 6.41 Å². The van der Waals surface area contributed by atoms with Crippen molar-refractivity contribution < 1.29 is 19.5 Å². The van der Waals surface area contributed by atoms with Gasteiger partial charge in [-0.25, -0.2) is 0 Å². The van der Waals surface area contributed by atoms with Crippen LogP contribution in [0.4, 0.5) is 0 Å². The Kier molecular flexibility index (Phi) is 13.4. The highest BCUT2D eigenvalue weighted by Gasteiger charge is 2.24.